The van der Waals surface area contributed by atoms with Gasteiger partial charge in [-0.2, -0.15) is 0 Å². The lowest BCUT2D eigenvalue weighted by Crippen LogP contribution is -2.05. The molecule has 5 nitrogen and oxygen atoms in total. The molecule has 0 aliphatic carbocycles. The summed E-state index contributed by atoms with van der Waals surface area (Å²) in [5, 5.41) is 3.06. The summed E-state index contributed by atoms with van der Waals surface area (Å²) < 4.78 is 7.88. The van der Waals surface area contributed by atoms with Crippen LogP contribution < -0.4 is 10.1 Å². The molecular weight excluding hydrogens is 260 g/mol. The highest BCUT2D eigenvalue weighted by molar-refractivity contribution is 9.10. The van der Waals surface area contributed by atoms with Gasteiger partial charge in [0.05, 0.1) is 25.2 Å². The molecule has 2 heterocycles. The summed E-state index contributed by atoms with van der Waals surface area (Å²) in [5.41, 5.74) is 1.75. The fourth-order valence-electron chi connectivity index (χ4n) is 1.34. The van der Waals surface area contributed by atoms with Crippen LogP contribution in [-0.2, 0) is 6.54 Å². The number of aromatic nitrogens is 3. The van der Waals surface area contributed by atoms with Crippen molar-refractivity contribution in [2.24, 2.45) is 0 Å². The molecule has 0 saturated heterocycles. The SMILES string of the molecule is CNCc1nc2cnc(OC)cn2c1Br. The van der Waals surface area contributed by atoms with Gasteiger partial charge in [-0.15, -0.1) is 0 Å². The Labute approximate surface area is 95.6 Å². The molecule has 2 aromatic heterocycles. The van der Waals surface area contributed by atoms with Gasteiger partial charge in [-0.1, -0.05) is 0 Å². The van der Waals surface area contributed by atoms with Crippen LogP contribution in [0, 0.1) is 0 Å². The molecule has 0 radical (unpaired) electrons. The first kappa shape index (κ1) is 10.4. The van der Waals surface area contributed by atoms with Gasteiger partial charge in [0.25, 0.3) is 0 Å². The van der Waals surface area contributed by atoms with E-state index in [2.05, 4.69) is 31.2 Å². The Hall–Kier alpha value is -1.14. The normalized spacial score (nSPS) is 10.9. The quantitative estimate of drug-likeness (QED) is 0.912. The summed E-state index contributed by atoms with van der Waals surface area (Å²) in [5.74, 6) is 0.566. The maximum atomic E-state index is 5.05. The largest absolute Gasteiger partial charge is 0.480 e. The van der Waals surface area contributed by atoms with Crippen molar-refractivity contribution in [3.63, 3.8) is 0 Å². The van der Waals surface area contributed by atoms with E-state index in [9.17, 15) is 0 Å². The molecule has 0 aliphatic rings. The van der Waals surface area contributed by atoms with Crippen molar-refractivity contribution in [3.05, 3.63) is 22.7 Å². The second-order valence-electron chi connectivity index (χ2n) is 3.04. The second kappa shape index (κ2) is 4.16. The number of halogens is 1. The fourth-order valence-corrected chi connectivity index (χ4v) is 1.86. The zero-order valence-corrected chi connectivity index (χ0v) is 10.1. The summed E-state index contributed by atoms with van der Waals surface area (Å²) >= 11 is 3.49. The van der Waals surface area contributed by atoms with Gasteiger partial charge < -0.3 is 10.1 Å². The lowest BCUT2D eigenvalue weighted by molar-refractivity contribution is 0.395. The highest BCUT2D eigenvalue weighted by Crippen LogP contribution is 2.20. The number of hydrogen-bond donors (Lipinski definition) is 1. The first-order valence-corrected chi connectivity index (χ1v) is 5.26. The first-order chi connectivity index (χ1) is 7.26. The number of nitrogens with one attached hydrogen (secondary N) is 1. The maximum absolute atomic E-state index is 5.05. The van der Waals surface area contributed by atoms with Crippen molar-refractivity contribution in [1.82, 2.24) is 19.7 Å². The van der Waals surface area contributed by atoms with Gasteiger partial charge in [0.15, 0.2) is 5.65 Å². The number of nitrogens with zero attached hydrogens (tertiary/aromatic N) is 3. The third kappa shape index (κ3) is 1.82. The molecule has 0 unspecified atom stereocenters. The Bertz CT molecular complexity index is 482. The lowest BCUT2D eigenvalue weighted by Gasteiger charge is -1.99. The van der Waals surface area contributed by atoms with Gasteiger partial charge in [-0.05, 0) is 23.0 Å². The number of methoxy groups -OCH3 is 1. The Morgan fingerprint density at radius 1 is 1.60 bits per heavy atom. The average Bonchev–Trinajstić information content (AvgIpc) is 2.56. The minimum Gasteiger partial charge on any atom is -0.480 e. The standard InChI is InChI=1S/C9H11BrN4O/c1-11-3-6-9(10)14-5-8(15-2)12-4-7(14)13-6/h4-5,11H,3H2,1-2H3. The minimum absolute atomic E-state index is 0.566. The molecule has 0 saturated carbocycles. The molecule has 15 heavy (non-hydrogen) atoms. The van der Waals surface area contributed by atoms with E-state index in [1.54, 1.807) is 19.5 Å². The van der Waals surface area contributed by atoms with Crippen LogP contribution in [0.5, 0.6) is 5.88 Å². The molecule has 1 N–H and O–H groups in total. The summed E-state index contributed by atoms with van der Waals surface area (Å²) in [7, 11) is 3.47. The molecule has 0 amide bonds. The average molecular weight is 271 g/mol. The lowest BCUT2D eigenvalue weighted by atomic mass is 10.5. The van der Waals surface area contributed by atoms with E-state index in [0.717, 1.165) is 15.9 Å². The maximum Gasteiger partial charge on any atom is 0.230 e. The first-order valence-electron chi connectivity index (χ1n) is 4.47. The molecule has 0 aliphatic heterocycles. The van der Waals surface area contributed by atoms with Gasteiger partial charge in [0.1, 0.15) is 4.60 Å². The van der Waals surface area contributed by atoms with Crippen LogP contribution in [0.1, 0.15) is 5.69 Å². The topological polar surface area (TPSA) is 51.5 Å². The van der Waals surface area contributed by atoms with E-state index in [-0.39, 0.29) is 0 Å². The van der Waals surface area contributed by atoms with Crippen molar-refractivity contribution in [2.75, 3.05) is 14.2 Å². The predicted molar refractivity (Wildman–Crippen MR) is 60.0 cm³/mol. The molecule has 0 atom stereocenters. The summed E-state index contributed by atoms with van der Waals surface area (Å²) in [6.45, 7) is 0.713. The molecule has 80 valence electrons. The molecule has 0 spiro atoms. The summed E-state index contributed by atoms with van der Waals surface area (Å²) in [4.78, 5) is 8.51. The van der Waals surface area contributed by atoms with Crippen LogP contribution in [0.2, 0.25) is 0 Å². The van der Waals surface area contributed by atoms with Gasteiger partial charge in [0, 0.05) is 6.54 Å². The van der Waals surface area contributed by atoms with Gasteiger partial charge in [-0.3, -0.25) is 4.40 Å². The monoisotopic (exact) mass is 270 g/mol. The molecule has 2 aromatic rings. The Kier molecular flexibility index (Phi) is 2.88. The van der Waals surface area contributed by atoms with Crippen LogP contribution >= 0.6 is 15.9 Å². The highest BCUT2D eigenvalue weighted by atomic mass is 79.9. The number of imidazole rings is 1. The molecule has 2 rings (SSSR count). The van der Waals surface area contributed by atoms with Crippen molar-refractivity contribution in [2.45, 2.75) is 6.54 Å². The van der Waals surface area contributed by atoms with Crippen molar-refractivity contribution < 1.29 is 4.74 Å². The number of rotatable bonds is 3. The predicted octanol–water partition coefficient (Wildman–Crippen LogP) is 1.22. The van der Waals surface area contributed by atoms with Crippen LogP contribution in [0.15, 0.2) is 17.0 Å². The molecule has 0 aromatic carbocycles. The molecule has 6 heteroatoms. The van der Waals surface area contributed by atoms with Crippen LogP contribution in [-0.4, -0.2) is 28.5 Å². The van der Waals surface area contributed by atoms with Crippen LogP contribution in [0.4, 0.5) is 0 Å². The van der Waals surface area contributed by atoms with E-state index in [1.165, 1.54) is 0 Å². The zero-order valence-electron chi connectivity index (χ0n) is 8.49. The Morgan fingerprint density at radius 3 is 3.07 bits per heavy atom. The van der Waals surface area contributed by atoms with Gasteiger partial charge in [0.2, 0.25) is 5.88 Å². The second-order valence-corrected chi connectivity index (χ2v) is 3.79. The fraction of sp³-hybridized carbons (Fsp3) is 0.333. The zero-order chi connectivity index (χ0) is 10.8. The van der Waals surface area contributed by atoms with E-state index < -0.39 is 0 Å². The van der Waals surface area contributed by atoms with E-state index >= 15 is 0 Å². The summed E-state index contributed by atoms with van der Waals surface area (Å²) in [6, 6.07) is 0. The van der Waals surface area contributed by atoms with Crippen LogP contribution in [0.3, 0.4) is 0 Å². The van der Waals surface area contributed by atoms with E-state index in [0.29, 0.717) is 12.4 Å². The van der Waals surface area contributed by atoms with Gasteiger partial charge >= 0.3 is 0 Å². The van der Waals surface area contributed by atoms with E-state index in [4.69, 9.17) is 4.74 Å². The minimum atomic E-state index is 0.566. The van der Waals surface area contributed by atoms with Crippen molar-refractivity contribution in [3.8, 4) is 5.88 Å². The number of ether oxygens (including phenoxy) is 1. The smallest absolute Gasteiger partial charge is 0.230 e. The molecule has 0 bridgehead atoms. The third-order valence-electron chi connectivity index (χ3n) is 2.05. The number of hydrogen-bond acceptors (Lipinski definition) is 4. The van der Waals surface area contributed by atoms with E-state index in [1.807, 2.05) is 11.4 Å². The van der Waals surface area contributed by atoms with Crippen LogP contribution in [0.25, 0.3) is 5.65 Å². The summed E-state index contributed by atoms with van der Waals surface area (Å²) in [6.07, 6.45) is 3.48. The number of fused-ring (bicyclic) bond motifs is 1. The Morgan fingerprint density at radius 2 is 2.40 bits per heavy atom. The molecule has 0 fully saturated rings. The molecular formula is C9H11BrN4O. The van der Waals surface area contributed by atoms with Crippen molar-refractivity contribution >= 4 is 21.6 Å². The van der Waals surface area contributed by atoms with Gasteiger partial charge in [-0.25, -0.2) is 9.97 Å². The van der Waals surface area contributed by atoms with Crippen molar-refractivity contribution in [1.29, 1.82) is 0 Å². The Balaban J connectivity index is 2.56. The highest BCUT2D eigenvalue weighted by Gasteiger charge is 2.09. The third-order valence-corrected chi connectivity index (χ3v) is 2.89.